The average Bonchev–Trinajstić information content (AvgIpc) is 2.66. The molecule has 0 amide bonds. The number of halogens is 1. The Hall–Kier alpha value is -1.77. The van der Waals surface area contributed by atoms with Crippen LogP contribution in [0.15, 0.2) is 34.9 Å². The van der Waals surface area contributed by atoms with Gasteiger partial charge in [0.15, 0.2) is 0 Å². The Morgan fingerprint density at radius 1 is 1.19 bits per heavy atom. The molecule has 0 atom stereocenters. The van der Waals surface area contributed by atoms with Crippen LogP contribution in [0.1, 0.15) is 16.9 Å². The van der Waals surface area contributed by atoms with E-state index in [0.717, 1.165) is 17.0 Å². The molecule has 0 aliphatic rings. The predicted molar refractivity (Wildman–Crippen MR) is 61.9 cm³/mol. The molecule has 0 radical (unpaired) electrons. The summed E-state index contributed by atoms with van der Waals surface area (Å²) < 4.78 is 18.5. The molecule has 1 aromatic carbocycles. The van der Waals surface area contributed by atoms with E-state index in [1.165, 1.54) is 6.07 Å². The van der Waals surface area contributed by atoms with Crippen LogP contribution >= 0.6 is 0 Å². The van der Waals surface area contributed by atoms with Gasteiger partial charge in [-0.3, -0.25) is 0 Å². The lowest BCUT2D eigenvalue weighted by atomic mass is 10.2. The van der Waals surface area contributed by atoms with Crippen LogP contribution in [-0.2, 0) is 6.54 Å². The maximum absolute atomic E-state index is 13.3. The molecule has 0 unspecified atom stereocenters. The Labute approximate surface area is 94.1 Å². The van der Waals surface area contributed by atoms with E-state index in [1.54, 1.807) is 19.3 Å². The fourth-order valence-corrected chi connectivity index (χ4v) is 1.47. The Kier molecular flexibility index (Phi) is 2.95. The Bertz CT molecular complexity index is 490. The molecular formula is C13H14FNO. The van der Waals surface area contributed by atoms with Crippen LogP contribution in [0.2, 0.25) is 0 Å². The van der Waals surface area contributed by atoms with E-state index in [1.807, 2.05) is 19.1 Å². The highest BCUT2D eigenvalue weighted by Gasteiger charge is 2.03. The first kappa shape index (κ1) is 10.7. The smallest absolute Gasteiger partial charge is 0.128 e. The molecule has 2 aromatic rings. The molecule has 1 N–H and O–H groups in total. The Morgan fingerprint density at radius 2 is 2.00 bits per heavy atom. The van der Waals surface area contributed by atoms with Crippen LogP contribution in [0, 0.1) is 19.7 Å². The minimum atomic E-state index is -0.193. The van der Waals surface area contributed by atoms with Crippen LogP contribution in [0.3, 0.4) is 0 Å². The number of hydrogen-bond acceptors (Lipinski definition) is 2. The van der Waals surface area contributed by atoms with E-state index in [0.29, 0.717) is 12.1 Å². The van der Waals surface area contributed by atoms with Gasteiger partial charge in [0.05, 0.1) is 12.8 Å². The van der Waals surface area contributed by atoms with Gasteiger partial charge in [-0.1, -0.05) is 6.07 Å². The quantitative estimate of drug-likeness (QED) is 0.852. The summed E-state index contributed by atoms with van der Waals surface area (Å²) in [6, 6.07) is 7.02. The van der Waals surface area contributed by atoms with Crippen molar-refractivity contribution in [1.29, 1.82) is 0 Å². The second kappa shape index (κ2) is 4.39. The zero-order valence-electron chi connectivity index (χ0n) is 9.38. The number of furan rings is 1. The molecule has 0 aliphatic heterocycles. The SMILES string of the molecule is Cc1ccc(NCc2occc2C)cc1F. The largest absolute Gasteiger partial charge is 0.467 e. The minimum Gasteiger partial charge on any atom is -0.467 e. The first-order valence-electron chi connectivity index (χ1n) is 5.20. The number of rotatable bonds is 3. The van der Waals surface area contributed by atoms with Gasteiger partial charge in [-0.2, -0.15) is 0 Å². The third-order valence-electron chi connectivity index (χ3n) is 2.59. The van der Waals surface area contributed by atoms with Crippen molar-refractivity contribution in [3.8, 4) is 0 Å². The van der Waals surface area contributed by atoms with Gasteiger partial charge in [-0.25, -0.2) is 4.39 Å². The summed E-state index contributed by atoms with van der Waals surface area (Å²) in [7, 11) is 0. The highest BCUT2D eigenvalue weighted by atomic mass is 19.1. The Balaban J connectivity index is 2.05. The van der Waals surface area contributed by atoms with Crippen molar-refractivity contribution in [3.63, 3.8) is 0 Å². The van der Waals surface area contributed by atoms with Gasteiger partial charge in [0, 0.05) is 5.69 Å². The molecule has 0 spiro atoms. The lowest BCUT2D eigenvalue weighted by molar-refractivity contribution is 0.515. The van der Waals surface area contributed by atoms with E-state index < -0.39 is 0 Å². The van der Waals surface area contributed by atoms with Gasteiger partial charge in [-0.15, -0.1) is 0 Å². The van der Waals surface area contributed by atoms with Crippen molar-refractivity contribution < 1.29 is 8.81 Å². The van der Waals surface area contributed by atoms with E-state index in [-0.39, 0.29) is 5.82 Å². The van der Waals surface area contributed by atoms with Crippen LogP contribution in [0.4, 0.5) is 10.1 Å². The van der Waals surface area contributed by atoms with Crippen molar-refractivity contribution >= 4 is 5.69 Å². The number of nitrogens with one attached hydrogen (secondary N) is 1. The van der Waals surface area contributed by atoms with Gasteiger partial charge in [-0.05, 0) is 43.2 Å². The summed E-state index contributed by atoms with van der Waals surface area (Å²) >= 11 is 0. The lowest BCUT2D eigenvalue weighted by Crippen LogP contribution is -2.00. The number of aryl methyl sites for hydroxylation is 2. The number of hydrogen-bond donors (Lipinski definition) is 1. The van der Waals surface area contributed by atoms with E-state index in [2.05, 4.69) is 5.32 Å². The molecule has 0 saturated carbocycles. The third-order valence-corrected chi connectivity index (χ3v) is 2.59. The van der Waals surface area contributed by atoms with Crippen LogP contribution in [0.5, 0.6) is 0 Å². The molecule has 0 aliphatic carbocycles. The maximum Gasteiger partial charge on any atom is 0.128 e. The zero-order valence-corrected chi connectivity index (χ0v) is 9.38. The lowest BCUT2D eigenvalue weighted by Gasteiger charge is -2.06. The molecule has 84 valence electrons. The van der Waals surface area contributed by atoms with Crippen molar-refractivity contribution in [1.82, 2.24) is 0 Å². The third kappa shape index (κ3) is 2.24. The summed E-state index contributed by atoms with van der Waals surface area (Å²) in [5.74, 6) is 0.683. The van der Waals surface area contributed by atoms with Crippen LogP contribution in [0.25, 0.3) is 0 Å². The van der Waals surface area contributed by atoms with Gasteiger partial charge >= 0.3 is 0 Å². The molecule has 2 nitrogen and oxygen atoms in total. The number of anilines is 1. The molecule has 0 fully saturated rings. The molecule has 0 saturated heterocycles. The first-order valence-corrected chi connectivity index (χ1v) is 5.20. The summed E-state index contributed by atoms with van der Waals surface area (Å²) in [5.41, 5.74) is 2.51. The second-order valence-corrected chi connectivity index (χ2v) is 3.84. The van der Waals surface area contributed by atoms with E-state index in [4.69, 9.17) is 4.42 Å². The number of benzene rings is 1. The fraction of sp³-hybridized carbons (Fsp3) is 0.231. The van der Waals surface area contributed by atoms with Gasteiger partial charge in [0.1, 0.15) is 11.6 Å². The topological polar surface area (TPSA) is 25.2 Å². The summed E-state index contributed by atoms with van der Waals surface area (Å²) in [6.45, 7) is 4.30. The molecule has 16 heavy (non-hydrogen) atoms. The van der Waals surface area contributed by atoms with Gasteiger partial charge < -0.3 is 9.73 Å². The Morgan fingerprint density at radius 3 is 2.62 bits per heavy atom. The molecule has 1 heterocycles. The highest BCUT2D eigenvalue weighted by Crippen LogP contribution is 2.16. The van der Waals surface area contributed by atoms with Crippen LogP contribution < -0.4 is 5.32 Å². The van der Waals surface area contributed by atoms with Crippen LogP contribution in [-0.4, -0.2) is 0 Å². The van der Waals surface area contributed by atoms with Crippen molar-refractivity contribution in [2.24, 2.45) is 0 Å². The minimum absolute atomic E-state index is 0.193. The van der Waals surface area contributed by atoms with Gasteiger partial charge in [0.25, 0.3) is 0 Å². The van der Waals surface area contributed by atoms with Crippen molar-refractivity contribution in [3.05, 3.63) is 53.2 Å². The van der Waals surface area contributed by atoms with E-state index >= 15 is 0 Å². The monoisotopic (exact) mass is 219 g/mol. The highest BCUT2D eigenvalue weighted by molar-refractivity contribution is 5.45. The second-order valence-electron chi connectivity index (χ2n) is 3.84. The summed E-state index contributed by atoms with van der Waals surface area (Å²) in [5, 5.41) is 3.12. The maximum atomic E-state index is 13.3. The average molecular weight is 219 g/mol. The fourth-order valence-electron chi connectivity index (χ4n) is 1.47. The zero-order chi connectivity index (χ0) is 11.5. The normalized spacial score (nSPS) is 10.4. The summed E-state index contributed by atoms with van der Waals surface area (Å²) in [6.07, 6.45) is 1.65. The predicted octanol–water partition coefficient (Wildman–Crippen LogP) is 3.65. The van der Waals surface area contributed by atoms with E-state index in [9.17, 15) is 4.39 Å². The van der Waals surface area contributed by atoms with Gasteiger partial charge in [0.2, 0.25) is 0 Å². The first-order chi connectivity index (χ1) is 7.66. The molecule has 3 heteroatoms. The van der Waals surface area contributed by atoms with Crippen molar-refractivity contribution in [2.45, 2.75) is 20.4 Å². The molecular weight excluding hydrogens is 205 g/mol. The molecule has 2 rings (SSSR count). The standard InChI is InChI=1S/C13H14FNO/c1-9-3-4-11(7-12(9)14)15-8-13-10(2)5-6-16-13/h3-7,15H,8H2,1-2H3. The molecule has 1 aromatic heterocycles. The summed E-state index contributed by atoms with van der Waals surface area (Å²) in [4.78, 5) is 0. The van der Waals surface area contributed by atoms with Crippen molar-refractivity contribution in [2.75, 3.05) is 5.32 Å². The molecule has 0 bridgehead atoms.